The summed E-state index contributed by atoms with van der Waals surface area (Å²) in [4.78, 5) is 13.8. The Labute approximate surface area is 116 Å². The molecule has 0 aromatic heterocycles. The van der Waals surface area contributed by atoms with Gasteiger partial charge in [0.1, 0.15) is 5.60 Å². The monoisotopic (exact) mass is 269 g/mol. The molecule has 0 aliphatic heterocycles. The molecule has 0 aromatic carbocycles. The highest BCUT2D eigenvalue weighted by molar-refractivity contribution is 5.68. The molecule has 1 amide bonds. The molecule has 2 aliphatic rings. The summed E-state index contributed by atoms with van der Waals surface area (Å²) in [5, 5.41) is 9.47. The molecule has 19 heavy (non-hydrogen) atoms. The zero-order chi connectivity index (χ0) is 14.3. The maximum atomic E-state index is 12.0. The van der Waals surface area contributed by atoms with Crippen LogP contribution in [0.4, 0.5) is 4.79 Å². The molecule has 110 valence electrons. The molecule has 2 saturated carbocycles. The van der Waals surface area contributed by atoms with Crippen molar-refractivity contribution in [2.24, 2.45) is 5.41 Å². The number of hydrogen-bond donors (Lipinski definition) is 1. The standard InChI is InChI=1S/C15H27NO3/c1-14(2,3)19-13(18)16(4)11-5-7-15(8-6-11)9-12(17)10-15/h11-12,17H,5-10H2,1-4H3. The maximum Gasteiger partial charge on any atom is 0.410 e. The Kier molecular flexibility index (Phi) is 3.83. The Bertz CT molecular complexity index is 332. The van der Waals surface area contributed by atoms with Crippen LogP contribution in [0, 0.1) is 5.41 Å². The van der Waals surface area contributed by atoms with Crippen molar-refractivity contribution in [2.45, 2.75) is 77.0 Å². The number of aliphatic hydroxyl groups is 1. The lowest BCUT2D eigenvalue weighted by molar-refractivity contribution is -0.0664. The first-order valence-corrected chi connectivity index (χ1v) is 7.35. The molecule has 1 N–H and O–H groups in total. The van der Waals surface area contributed by atoms with Crippen LogP contribution in [0.15, 0.2) is 0 Å². The predicted octanol–water partition coefficient (Wildman–Crippen LogP) is 2.94. The lowest BCUT2D eigenvalue weighted by Crippen LogP contribution is -2.48. The summed E-state index contributed by atoms with van der Waals surface area (Å²) in [5.74, 6) is 0. The van der Waals surface area contributed by atoms with Crippen molar-refractivity contribution in [1.82, 2.24) is 4.90 Å². The minimum Gasteiger partial charge on any atom is -0.444 e. The summed E-state index contributed by atoms with van der Waals surface area (Å²) in [7, 11) is 1.84. The first kappa shape index (κ1) is 14.6. The third-order valence-electron chi connectivity index (χ3n) is 4.58. The number of aliphatic hydroxyl groups excluding tert-OH is 1. The van der Waals surface area contributed by atoms with E-state index in [0.717, 1.165) is 38.5 Å². The lowest BCUT2D eigenvalue weighted by Gasteiger charge is -2.50. The molecule has 0 heterocycles. The van der Waals surface area contributed by atoms with E-state index in [0.29, 0.717) is 11.5 Å². The summed E-state index contributed by atoms with van der Waals surface area (Å²) < 4.78 is 5.41. The van der Waals surface area contributed by atoms with Crippen LogP contribution in [0.1, 0.15) is 59.3 Å². The second-order valence-electron chi connectivity index (χ2n) is 7.38. The van der Waals surface area contributed by atoms with Crippen LogP contribution in [0.5, 0.6) is 0 Å². The van der Waals surface area contributed by atoms with Crippen molar-refractivity contribution in [3.05, 3.63) is 0 Å². The summed E-state index contributed by atoms with van der Waals surface area (Å²) in [5.41, 5.74) is -0.0516. The minimum absolute atomic E-state index is 0.0832. The molecular formula is C15H27NO3. The second kappa shape index (κ2) is 4.97. The van der Waals surface area contributed by atoms with Crippen LogP contribution in [0.3, 0.4) is 0 Å². The summed E-state index contributed by atoms with van der Waals surface area (Å²) >= 11 is 0. The van der Waals surface area contributed by atoms with E-state index in [1.165, 1.54) is 0 Å². The molecule has 2 fully saturated rings. The minimum atomic E-state index is -0.431. The third kappa shape index (κ3) is 3.41. The molecule has 0 saturated heterocycles. The van der Waals surface area contributed by atoms with Crippen molar-refractivity contribution < 1.29 is 14.6 Å². The van der Waals surface area contributed by atoms with E-state index in [9.17, 15) is 9.90 Å². The van der Waals surface area contributed by atoms with Crippen LogP contribution < -0.4 is 0 Å². The molecule has 2 aliphatic carbocycles. The molecular weight excluding hydrogens is 242 g/mol. The Balaban J connectivity index is 1.82. The molecule has 4 nitrogen and oxygen atoms in total. The summed E-state index contributed by atoms with van der Waals surface area (Å²) in [6.45, 7) is 5.68. The number of amides is 1. The number of carbonyl (C=O) groups is 1. The van der Waals surface area contributed by atoms with E-state index in [2.05, 4.69) is 0 Å². The van der Waals surface area contributed by atoms with Gasteiger partial charge in [-0.05, 0) is 64.7 Å². The Morgan fingerprint density at radius 2 is 1.79 bits per heavy atom. The van der Waals surface area contributed by atoms with Crippen LogP contribution >= 0.6 is 0 Å². The fourth-order valence-corrected chi connectivity index (χ4v) is 3.43. The molecule has 4 heteroatoms. The summed E-state index contributed by atoms with van der Waals surface area (Å²) in [6.07, 6.45) is 5.92. The molecule has 0 aromatic rings. The largest absolute Gasteiger partial charge is 0.444 e. The van der Waals surface area contributed by atoms with Crippen LogP contribution in [-0.4, -0.2) is 40.9 Å². The van der Waals surface area contributed by atoms with Gasteiger partial charge in [0.25, 0.3) is 0 Å². The first-order valence-electron chi connectivity index (χ1n) is 7.35. The number of nitrogens with zero attached hydrogens (tertiary/aromatic N) is 1. The van der Waals surface area contributed by atoms with E-state index in [-0.39, 0.29) is 12.2 Å². The molecule has 0 radical (unpaired) electrons. The lowest BCUT2D eigenvalue weighted by atomic mass is 9.58. The van der Waals surface area contributed by atoms with Gasteiger partial charge in [0.05, 0.1) is 6.10 Å². The van der Waals surface area contributed by atoms with Gasteiger partial charge in [0.15, 0.2) is 0 Å². The molecule has 0 unspecified atom stereocenters. The number of hydrogen-bond acceptors (Lipinski definition) is 3. The normalized spacial score (nSPS) is 34.8. The van der Waals surface area contributed by atoms with Crippen LogP contribution in [0.2, 0.25) is 0 Å². The smallest absolute Gasteiger partial charge is 0.410 e. The van der Waals surface area contributed by atoms with Gasteiger partial charge in [-0.15, -0.1) is 0 Å². The topological polar surface area (TPSA) is 49.8 Å². The van der Waals surface area contributed by atoms with Crippen LogP contribution in [0.25, 0.3) is 0 Å². The Hall–Kier alpha value is -0.770. The third-order valence-corrected chi connectivity index (χ3v) is 4.58. The van der Waals surface area contributed by atoms with E-state index in [1.807, 2.05) is 27.8 Å². The number of rotatable bonds is 1. The Morgan fingerprint density at radius 3 is 2.21 bits per heavy atom. The van der Waals surface area contributed by atoms with Gasteiger partial charge < -0.3 is 14.7 Å². The van der Waals surface area contributed by atoms with Gasteiger partial charge in [-0.3, -0.25) is 0 Å². The Morgan fingerprint density at radius 1 is 1.26 bits per heavy atom. The highest BCUT2D eigenvalue weighted by atomic mass is 16.6. The molecule has 0 atom stereocenters. The van der Waals surface area contributed by atoms with E-state index < -0.39 is 5.60 Å². The zero-order valence-electron chi connectivity index (χ0n) is 12.6. The van der Waals surface area contributed by atoms with Gasteiger partial charge in [-0.25, -0.2) is 4.79 Å². The SMILES string of the molecule is CN(C(=O)OC(C)(C)C)C1CCC2(CC1)CC(O)C2. The van der Waals surface area contributed by atoms with Crippen molar-refractivity contribution in [2.75, 3.05) is 7.05 Å². The van der Waals surface area contributed by atoms with E-state index in [1.54, 1.807) is 4.90 Å². The second-order valence-corrected chi connectivity index (χ2v) is 7.38. The average Bonchev–Trinajstić information content (AvgIpc) is 2.25. The summed E-state index contributed by atoms with van der Waals surface area (Å²) in [6, 6.07) is 0.290. The van der Waals surface area contributed by atoms with E-state index >= 15 is 0 Å². The van der Waals surface area contributed by atoms with E-state index in [4.69, 9.17) is 4.74 Å². The van der Waals surface area contributed by atoms with Gasteiger partial charge in [0.2, 0.25) is 0 Å². The van der Waals surface area contributed by atoms with Crippen molar-refractivity contribution in [3.8, 4) is 0 Å². The average molecular weight is 269 g/mol. The van der Waals surface area contributed by atoms with Gasteiger partial charge >= 0.3 is 6.09 Å². The zero-order valence-corrected chi connectivity index (χ0v) is 12.6. The quantitative estimate of drug-likeness (QED) is 0.796. The first-order chi connectivity index (χ1) is 8.71. The maximum absolute atomic E-state index is 12.0. The fourth-order valence-electron chi connectivity index (χ4n) is 3.43. The number of ether oxygens (including phenoxy) is 1. The molecule has 0 bridgehead atoms. The predicted molar refractivity (Wildman–Crippen MR) is 73.9 cm³/mol. The number of carbonyl (C=O) groups excluding carboxylic acids is 1. The fraction of sp³-hybridized carbons (Fsp3) is 0.933. The van der Waals surface area contributed by atoms with Crippen molar-refractivity contribution in [3.63, 3.8) is 0 Å². The highest BCUT2D eigenvalue weighted by Gasteiger charge is 2.46. The van der Waals surface area contributed by atoms with Gasteiger partial charge in [-0.1, -0.05) is 0 Å². The van der Waals surface area contributed by atoms with Crippen LogP contribution in [-0.2, 0) is 4.74 Å². The van der Waals surface area contributed by atoms with Crippen molar-refractivity contribution >= 4 is 6.09 Å². The van der Waals surface area contributed by atoms with Gasteiger partial charge in [0, 0.05) is 13.1 Å². The van der Waals surface area contributed by atoms with Crippen molar-refractivity contribution in [1.29, 1.82) is 0 Å². The molecule has 2 rings (SSSR count). The highest BCUT2D eigenvalue weighted by Crippen LogP contribution is 2.52. The van der Waals surface area contributed by atoms with Gasteiger partial charge in [-0.2, -0.15) is 0 Å². The molecule has 1 spiro atoms.